The van der Waals surface area contributed by atoms with Gasteiger partial charge in [-0.25, -0.2) is 0 Å². The van der Waals surface area contributed by atoms with Crippen LogP contribution >= 0.6 is 0 Å². The van der Waals surface area contributed by atoms with Crippen molar-refractivity contribution in [1.29, 1.82) is 0 Å². The van der Waals surface area contributed by atoms with Crippen molar-refractivity contribution in [3.8, 4) is 0 Å². The fraction of sp³-hybridized carbons (Fsp3) is 0.462. The van der Waals surface area contributed by atoms with E-state index in [9.17, 15) is 18.0 Å². The van der Waals surface area contributed by atoms with Gasteiger partial charge in [0.2, 0.25) is 6.41 Å². The van der Waals surface area contributed by atoms with E-state index in [-0.39, 0.29) is 5.92 Å². The van der Waals surface area contributed by atoms with Gasteiger partial charge in [-0.3, -0.25) is 4.79 Å². The zero-order chi connectivity index (χ0) is 13.2. The van der Waals surface area contributed by atoms with Crippen LogP contribution in [0, 0.1) is 0 Å². The molecule has 2 nitrogen and oxygen atoms in total. The third-order valence-electron chi connectivity index (χ3n) is 3.39. The molecule has 1 saturated heterocycles. The summed E-state index contributed by atoms with van der Waals surface area (Å²) in [7, 11) is 0. The second kappa shape index (κ2) is 5.00. The van der Waals surface area contributed by atoms with E-state index in [1.165, 1.54) is 0 Å². The Morgan fingerprint density at radius 1 is 1.11 bits per heavy atom. The van der Waals surface area contributed by atoms with E-state index in [0.29, 0.717) is 13.1 Å². The molecule has 0 N–H and O–H groups in total. The topological polar surface area (TPSA) is 20.3 Å². The number of carbonyl (C=O) groups is 1. The van der Waals surface area contributed by atoms with Gasteiger partial charge in [-0.2, -0.15) is 13.2 Å². The number of carbonyl (C=O) groups excluding carboxylic acids is 1. The van der Waals surface area contributed by atoms with E-state index in [4.69, 9.17) is 0 Å². The number of nitrogens with zero attached hydrogens (tertiary/aromatic N) is 1. The molecule has 1 aromatic carbocycles. The van der Waals surface area contributed by atoms with E-state index >= 15 is 0 Å². The average molecular weight is 257 g/mol. The van der Waals surface area contributed by atoms with Crippen molar-refractivity contribution in [2.24, 2.45) is 0 Å². The predicted octanol–water partition coefficient (Wildman–Crippen LogP) is 3.04. The Morgan fingerprint density at radius 3 is 2.11 bits per heavy atom. The summed E-state index contributed by atoms with van der Waals surface area (Å²) in [5, 5.41) is 0. The van der Waals surface area contributed by atoms with Gasteiger partial charge >= 0.3 is 6.18 Å². The minimum Gasteiger partial charge on any atom is -0.345 e. The number of amides is 1. The number of alkyl halides is 3. The molecule has 0 unspecified atom stereocenters. The van der Waals surface area contributed by atoms with Crippen LogP contribution in [0.15, 0.2) is 24.3 Å². The van der Waals surface area contributed by atoms with Crippen molar-refractivity contribution in [2.75, 3.05) is 13.1 Å². The number of halogens is 3. The van der Waals surface area contributed by atoms with E-state index in [1.807, 2.05) is 0 Å². The zero-order valence-corrected chi connectivity index (χ0v) is 9.78. The van der Waals surface area contributed by atoms with Crippen LogP contribution in [0.5, 0.6) is 0 Å². The van der Waals surface area contributed by atoms with E-state index in [1.54, 1.807) is 17.0 Å². The monoisotopic (exact) mass is 257 g/mol. The normalized spacial score (nSPS) is 17.8. The summed E-state index contributed by atoms with van der Waals surface area (Å²) < 4.78 is 37.2. The van der Waals surface area contributed by atoms with Crippen LogP contribution in [0.3, 0.4) is 0 Å². The molecular weight excluding hydrogens is 243 g/mol. The summed E-state index contributed by atoms with van der Waals surface area (Å²) in [5.74, 6) is 0.253. The second-order valence-corrected chi connectivity index (χ2v) is 4.54. The van der Waals surface area contributed by atoms with Crippen LogP contribution in [-0.2, 0) is 11.0 Å². The van der Waals surface area contributed by atoms with Crippen LogP contribution in [0.4, 0.5) is 13.2 Å². The fourth-order valence-electron chi connectivity index (χ4n) is 2.28. The van der Waals surface area contributed by atoms with Gasteiger partial charge in [0.25, 0.3) is 0 Å². The number of rotatable bonds is 2. The lowest BCUT2D eigenvalue weighted by Gasteiger charge is -2.29. The van der Waals surface area contributed by atoms with Crippen molar-refractivity contribution in [3.05, 3.63) is 35.4 Å². The summed E-state index contributed by atoms with van der Waals surface area (Å²) in [4.78, 5) is 12.3. The molecule has 5 heteroatoms. The number of likely N-dealkylation sites (tertiary alicyclic amines) is 1. The second-order valence-electron chi connectivity index (χ2n) is 4.54. The highest BCUT2D eigenvalue weighted by atomic mass is 19.4. The molecule has 2 rings (SSSR count). The Bertz CT molecular complexity index is 405. The first-order valence-electron chi connectivity index (χ1n) is 5.87. The maximum absolute atomic E-state index is 12.4. The van der Waals surface area contributed by atoms with Gasteiger partial charge < -0.3 is 4.90 Å². The summed E-state index contributed by atoms with van der Waals surface area (Å²) in [6.07, 6.45) is -1.84. The molecule has 0 radical (unpaired) electrons. The highest BCUT2D eigenvalue weighted by Gasteiger charge is 2.30. The molecule has 0 aliphatic carbocycles. The summed E-state index contributed by atoms with van der Waals surface area (Å²) in [5.41, 5.74) is 0.310. The standard InChI is InChI=1S/C13H14F3NO/c14-13(15,16)12-3-1-10(2-4-12)11-5-7-17(9-18)8-6-11/h1-4,9,11H,5-8H2. The van der Waals surface area contributed by atoms with Crippen molar-refractivity contribution >= 4 is 6.41 Å². The van der Waals surface area contributed by atoms with Gasteiger partial charge in [0, 0.05) is 13.1 Å². The Morgan fingerprint density at radius 2 is 1.67 bits per heavy atom. The lowest BCUT2D eigenvalue weighted by molar-refractivity contribution is -0.137. The van der Waals surface area contributed by atoms with Crippen LogP contribution < -0.4 is 0 Å². The molecule has 1 amide bonds. The summed E-state index contributed by atoms with van der Waals surface area (Å²) in [6.45, 7) is 1.35. The summed E-state index contributed by atoms with van der Waals surface area (Å²) >= 11 is 0. The molecule has 1 heterocycles. The van der Waals surface area contributed by atoms with E-state index in [2.05, 4.69) is 0 Å². The van der Waals surface area contributed by atoms with Crippen LogP contribution in [0.1, 0.15) is 29.9 Å². The fourth-order valence-corrected chi connectivity index (χ4v) is 2.28. The first-order chi connectivity index (χ1) is 8.50. The molecule has 1 aromatic rings. The van der Waals surface area contributed by atoms with E-state index in [0.717, 1.165) is 36.9 Å². The third kappa shape index (κ3) is 2.83. The van der Waals surface area contributed by atoms with Crippen molar-refractivity contribution < 1.29 is 18.0 Å². The molecule has 18 heavy (non-hydrogen) atoms. The van der Waals surface area contributed by atoms with Gasteiger partial charge in [0.1, 0.15) is 0 Å². The molecule has 0 bridgehead atoms. The lowest BCUT2D eigenvalue weighted by atomic mass is 9.89. The zero-order valence-electron chi connectivity index (χ0n) is 9.78. The van der Waals surface area contributed by atoms with Gasteiger partial charge in [-0.05, 0) is 36.5 Å². The minimum absolute atomic E-state index is 0.253. The molecular formula is C13H14F3NO. The van der Waals surface area contributed by atoms with Crippen LogP contribution in [-0.4, -0.2) is 24.4 Å². The molecule has 0 spiro atoms. The first-order valence-corrected chi connectivity index (χ1v) is 5.87. The number of hydrogen-bond acceptors (Lipinski definition) is 1. The van der Waals surface area contributed by atoms with Crippen molar-refractivity contribution in [1.82, 2.24) is 4.90 Å². The number of piperidine rings is 1. The van der Waals surface area contributed by atoms with Crippen LogP contribution in [0.25, 0.3) is 0 Å². The molecule has 0 atom stereocenters. The molecule has 0 aromatic heterocycles. The van der Waals surface area contributed by atoms with Gasteiger partial charge in [-0.15, -0.1) is 0 Å². The maximum Gasteiger partial charge on any atom is 0.416 e. The average Bonchev–Trinajstić information content (AvgIpc) is 2.38. The Balaban J connectivity index is 2.05. The largest absolute Gasteiger partial charge is 0.416 e. The van der Waals surface area contributed by atoms with Crippen molar-refractivity contribution in [2.45, 2.75) is 24.9 Å². The van der Waals surface area contributed by atoms with Gasteiger partial charge in [0.15, 0.2) is 0 Å². The Kier molecular flexibility index (Phi) is 3.59. The summed E-state index contributed by atoms with van der Waals surface area (Å²) in [6, 6.07) is 5.34. The first kappa shape index (κ1) is 12.9. The maximum atomic E-state index is 12.4. The number of hydrogen-bond donors (Lipinski definition) is 0. The smallest absolute Gasteiger partial charge is 0.345 e. The number of benzene rings is 1. The molecule has 1 aliphatic heterocycles. The van der Waals surface area contributed by atoms with Crippen LogP contribution in [0.2, 0.25) is 0 Å². The van der Waals surface area contributed by atoms with Crippen molar-refractivity contribution in [3.63, 3.8) is 0 Å². The molecule has 0 saturated carbocycles. The van der Waals surface area contributed by atoms with Gasteiger partial charge in [0.05, 0.1) is 5.56 Å². The lowest BCUT2D eigenvalue weighted by Crippen LogP contribution is -2.31. The predicted molar refractivity (Wildman–Crippen MR) is 61.1 cm³/mol. The third-order valence-corrected chi connectivity index (χ3v) is 3.39. The van der Waals surface area contributed by atoms with Gasteiger partial charge in [-0.1, -0.05) is 12.1 Å². The Hall–Kier alpha value is -1.52. The highest BCUT2D eigenvalue weighted by molar-refractivity contribution is 5.47. The highest BCUT2D eigenvalue weighted by Crippen LogP contribution is 2.32. The molecule has 1 aliphatic rings. The Labute approximate surface area is 103 Å². The SMILES string of the molecule is O=CN1CCC(c2ccc(C(F)(F)F)cc2)CC1. The molecule has 1 fully saturated rings. The van der Waals surface area contributed by atoms with E-state index < -0.39 is 11.7 Å². The molecule has 98 valence electrons. The quantitative estimate of drug-likeness (QED) is 0.746. The minimum atomic E-state index is -4.28.